The van der Waals surface area contributed by atoms with E-state index in [0.717, 1.165) is 37.6 Å². The van der Waals surface area contributed by atoms with Crippen molar-refractivity contribution in [2.45, 2.75) is 12.5 Å². The van der Waals surface area contributed by atoms with E-state index in [2.05, 4.69) is 22.8 Å². The van der Waals surface area contributed by atoms with Gasteiger partial charge in [0.05, 0.1) is 0 Å². The lowest BCUT2D eigenvalue weighted by molar-refractivity contribution is 0.171. The summed E-state index contributed by atoms with van der Waals surface area (Å²) in [6.45, 7) is 4.46. The smallest absolute Gasteiger partial charge is 0.161 e. The van der Waals surface area contributed by atoms with Gasteiger partial charge in [0.15, 0.2) is 11.5 Å². The Labute approximate surface area is 134 Å². The number of hydrogen-bond acceptors (Lipinski definition) is 4. The van der Waals surface area contributed by atoms with Gasteiger partial charge in [-0.15, -0.1) is 34.0 Å². The van der Waals surface area contributed by atoms with E-state index in [1.807, 2.05) is 6.07 Å². The molecule has 1 unspecified atom stereocenters. The molecule has 4 nitrogen and oxygen atoms in total. The second-order valence-corrected chi connectivity index (χ2v) is 4.54. The summed E-state index contributed by atoms with van der Waals surface area (Å²) in [7, 11) is 0. The molecule has 2 aliphatic heterocycles. The fourth-order valence-electron chi connectivity index (χ4n) is 2.36. The molecule has 3 rings (SSSR count). The minimum absolute atomic E-state index is 0. The Morgan fingerprint density at radius 2 is 1.84 bits per heavy atom. The van der Waals surface area contributed by atoms with Crippen molar-refractivity contribution in [1.82, 2.24) is 10.6 Å². The summed E-state index contributed by atoms with van der Waals surface area (Å²) in [6.07, 6.45) is 1.03. The van der Waals surface area contributed by atoms with Gasteiger partial charge in [-0.2, -0.15) is 0 Å². The number of halogens is 2. The van der Waals surface area contributed by atoms with E-state index >= 15 is 0 Å². The van der Waals surface area contributed by atoms with Crippen molar-refractivity contribution in [3.8, 4) is 11.5 Å². The lowest BCUT2D eigenvalue weighted by Gasteiger charge is -2.25. The van der Waals surface area contributed by atoms with E-state index < -0.39 is 0 Å². The molecule has 6 heteroatoms. The Morgan fingerprint density at radius 3 is 2.58 bits per heavy atom. The van der Waals surface area contributed by atoms with Crippen LogP contribution in [0.25, 0.3) is 0 Å². The molecule has 0 bridgehead atoms. The lowest BCUT2D eigenvalue weighted by Crippen LogP contribution is -2.49. The van der Waals surface area contributed by atoms with Crippen LogP contribution in [0.1, 0.15) is 5.56 Å². The van der Waals surface area contributed by atoms with Crippen molar-refractivity contribution in [3.63, 3.8) is 0 Å². The monoisotopic (exact) mass is 394 g/mol. The van der Waals surface area contributed by atoms with Crippen LogP contribution < -0.4 is 20.1 Å². The first kappa shape index (κ1) is 16.8. The molecule has 108 valence electrons. The third-order valence-electron chi connectivity index (χ3n) is 3.21. The number of ether oxygens (including phenoxy) is 2. The molecule has 0 aliphatic carbocycles. The van der Waals surface area contributed by atoms with Gasteiger partial charge in [0, 0.05) is 25.7 Å². The maximum atomic E-state index is 5.59. The highest BCUT2D eigenvalue weighted by molar-refractivity contribution is 8.93. The van der Waals surface area contributed by atoms with E-state index in [9.17, 15) is 0 Å². The molecule has 0 spiro atoms. The van der Waals surface area contributed by atoms with Gasteiger partial charge in [-0.1, -0.05) is 6.07 Å². The van der Waals surface area contributed by atoms with Crippen LogP contribution in [-0.4, -0.2) is 38.9 Å². The predicted octanol–water partition coefficient (Wildman–Crippen LogP) is 1.72. The van der Waals surface area contributed by atoms with Gasteiger partial charge in [0.2, 0.25) is 0 Å². The highest BCUT2D eigenvalue weighted by atomic mass is 79.9. The first-order valence-electron chi connectivity index (χ1n) is 6.24. The molecule has 1 saturated heterocycles. The lowest BCUT2D eigenvalue weighted by atomic mass is 10.0. The second kappa shape index (κ2) is 8.09. The van der Waals surface area contributed by atoms with Gasteiger partial charge in [0.1, 0.15) is 13.2 Å². The van der Waals surface area contributed by atoms with Crippen molar-refractivity contribution < 1.29 is 9.47 Å². The highest BCUT2D eigenvalue weighted by Crippen LogP contribution is 2.31. The van der Waals surface area contributed by atoms with E-state index in [4.69, 9.17) is 9.47 Å². The fraction of sp³-hybridized carbons (Fsp3) is 0.538. The quantitative estimate of drug-likeness (QED) is 0.800. The van der Waals surface area contributed by atoms with E-state index in [1.165, 1.54) is 5.56 Å². The Balaban J connectivity index is 0.000000902. The van der Waals surface area contributed by atoms with E-state index in [1.54, 1.807) is 0 Å². The molecule has 2 N–H and O–H groups in total. The van der Waals surface area contributed by atoms with E-state index in [-0.39, 0.29) is 34.0 Å². The molecule has 0 saturated carbocycles. The van der Waals surface area contributed by atoms with Gasteiger partial charge < -0.3 is 20.1 Å². The average Bonchev–Trinajstić information content (AvgIpc) is 2.40. The molecule has 2 heterocycles. The number of rotatable bonds is 2. The first-order valence-corrected chi connectivity index (χ1v) is 6.24. The normalized spacial score (nSPS) is 20.9. The zero-order valence-corrected chi connectivity index (χ0v) is 14.1. The van der Waals surface area contributed by atoms with Crippen molar-refractivity contribution in [2.24, 2.45) is 0 Å². The summed E-state index contributed by atoms with van der Waals surface area (Å²) < 4.78 is 11.1. The molecule has 1 atom stereocenters. The van der Waals surface area contributed by atoms with Gasteiger partial charge in [0.25, 0.3) is 0 Å². The molecule has 0 aromatic heterocycles. The van der Waals surface area contributed by atoms with Crippen molar-refractivity contribution in [2.75, 3.05) is 32.8 Å². The van der Waals surface area contributed by atoms with Crippen molar-refractivity contribution in [3.05, 3.63) is 23.8 Å². The van der Waals surface area contributed by atoms with Gasteiger partial charge >= 0.3 is 0 Å². The summed E-state index contributed by atoms with van der Waals surface area (Å²) in [6, 6.07) is 6.76. The van der Waals surface area contributed by atoms with Gasteiger partial charge in [-0.05, 0) is 24.1 Å². The Kier molecular flexibility index (Phi) is 7.13. The van der Waals surface area contributed by atoms with Gasteiger partial charge in [-0.3, -0.25) is 0 Å². The standard InChI is InChI=1S/C13H18N2O2.2BrH/c1-2-12-13(17-6-5-16-12)8-10(1)7-11-9-14-3-4-15-11;;/h1-2,8,11,14-15H,3-7,9H2;2*1H. The van der Waals surface area contributed by atoms with Crippen LogP contribution in [0.4, 0.5) is 0 Å². The van der Waals surface area contributed by atoms with Crippen molar-refractivity contribution >= 4 is 34.0 Å². The second-order valence-electron chi connectivity index (χ2n) is 4.54. The molecular weight excluding hydrogens is 376 g/mol. The first-order chi connectivity index (χ1) is 8.42. The number of fused-ring (bicyclic) bond motifs is 1. The molecule has 19 heavy (non-hydrogen) atoms. The van der Waals surface area contributed by atoms with Crippen LogP contribution in [0.5, 0.6) is 11.5 Å². The Morgan fingerprint density at radius 1 is 1.05 bits per heavy atom. The van der Waals surface area contributed by atoms with Crippen LogP contribution in [0.15, 0.2) is 18.2 Å². The molecule has 0 radical (unpaired) electrons. The Bertz CT molecular complexity index is 398. The van der Waals surface area contributed by atoms with Gasteiger partial charge in [-0.25, -0.2) is 0 Å². The highest BCUT2D eigenvalue weighted by Gasteiger charge is 2.15. The summed E-state index contributed by atoms with van der Waals surface area (Å²) >= 11 is 0. The third-order valence-corrected chi connectivity index (χ3v) is 3.21. The van der Waals surface area contributed by atoms with E-state index in [0.29, 0.717) is 19.3 Å². The molecule has 1 aromatic carbocycles. The zero-order chi connectivity index (χ0) is 11.5. The number of benzene rings is 1. The van der Waals surface area contributed by atoms with Crippen LogP contribution in [-0.2, 0) is 6.42 Å². The number of nitrogens with one attached hydrogen (secondary N) is 2. The SMILES string of the molecule is Br.Br.c1cc2c(cc1CC1CNCCN1)OCCO2. The molecule has 1 aromatic rings. The summed E-state index contributed by atoms with van der Waals surface area (Å²) in [4.78, 5) is 0. The maximum absolute atomic E-state index is 5.59. The Hall–Kier alpha value is -0.300. The fourth-order valence-corrected chi connectivity index (χ4v) is 2.36. The summed E-state index contributed by atoms with van der Waals surface area (Å²) in [5.74, 6) is 1.76. The zero-order valence-electron chi connectivity index (χ0n) is 10.7. The predicted molar refractivity (Wildman–Crippen MR) is 86.4 cm³/mol. The molecule has 2 aliphatic rings. The number of hydrogen-bond donors (Lipinski definition) is 2. The van der Waals surface area contributed by atoms with Crippen molar-refractivity contribution in [1.29, 1.82) is 0 Å². The minimum atomic E-state index is 0. The van der Waals surface area contributed by atoms with Crippen LogP contribution in [0.2, 0.25) is 0 Å². The van der Waals surface area contributed by atoms with Crippen LogP contribution >= 0.6 is 34.0 Å². The molecule has 1 fully saturated rings. The van der Waals surface area contributed by atoms with Crippen LogP contribution in [0.3, 0.4) is 0 Å². The minimum Gasteiger partial charge on any atom is -0.486 e. The molecular formula is C13H20Br2N2O2. The third kappa shape index (κ3) is 4.34. The average molecular weight is 396 g/mol. The summed E-state index contributed by atoms with van der Waals surface area (Å²) in [5.41, 5.74) is 1.30. The maximum Gasteiger partial charge on any atom is 0.161 e. The summed E-state index contributed by atoms with van der Waals surface area (Å²) in [5, 5.41) is 6.91. The largest absolute Gasteiger partial charge is 0.486 e. The topological polar surface area (TPSA) is 42.5 Å². The number of piperazine rings is 1. The van der Waals surface area contributed by atoms with Crippen LogP contribution in [0, 0.1) is 0 Å². The molecule has 0 amide bonds.